The Hall–Kier alpha value is -2.64. The maximum atomic E-state index is 12.0. The van der Waals surface area contributed by atoms with Crippen molar-refractivity contribution < 1.29 is 9.90 Å². The van der Waals surface area contributed by atoms with Gasteiger partial charge in [0.15, 0.2) is 0 Å². The molecule has 0 saturated heterocycles. The second-order valence-corrected chi connectivity index (χ2v) is 3.70. The third-order valence-corrected chi connectivity index (χ3v) is 2.40. The van der Waals surface area contributed by atoms with E-state index in [-0.39, 0.29) is 12.5 Å². The summed E-state index contributed by atoms with van der Waals surface area (Å²) >= 11 is 0. The summed E-state index contributed by atoms with van der Waals surface area (Å²) in [5.74, 6) is 5.11. The van der Waals surface area contributed by atoms with Crippen molar-refractivity contribution in [3.8, 4) is 11.8 Å². The largest absolute Gasteiger partial charge is 0.384 e. The fourth-order valence-corrected chi connectivity index (χ4v) is 1.53. The van der Waals surface area contributed by atoms with Crippen LogP contribution in [-0.4, -0.2) is 22.6 Å². The van der Waals surface area contributed by atoms with Gasteiger partial charge < -0.3 is 10.4 Å². The first kappa shape index (κ1) is 12.8. The molecule has 0 bridgehead atoms. The van der Waals surface area contributed by atoms with E-state index < -0.39 is 0 Å². The van der Waals surface area contributed by atoms with Crippen LogP contribution in [0, 0.1) is 11.8 Å². The van der Waals surface area contributed by atoms with Crippen LogP contribution in [0.1, 0.15) is 15.9 Å². The summed E-state index contributed by atoms with van der Waals surface area (Å²) in [5, 5.41) is 11.5. The molecule has 1 aromatic carbocycles. The number of aromatic nitrogens is 1. The van der Waals surface area contributed by atoms with Crippen LogP contribution in [0.4, 0.5) is 5.69 Å². The van der Waals surface area contributed by atoms with Gasteiger partial charge in [-0.1, -0.05) is 24.0 Å². The lowest BCUT2D eigenvalue weighted by Gasteiger charge is -2.06. The number of nitrogens with one attached hydrogen (secondary N) is 1. The summed E-state index contributed by atoms with van der Waals surface area (Å²) in [4.78, 5) is 15.9. The van der Waals surface area contributed by atoms with Gasteiger partial charge in [-0.25, -0.2) is 0 Å². The van der Waals surface area contributed by atoms with Crippen LogP contribution >= 0.6 is 0 Å². The fraction of sp³-hybridized carbons (Fsp3) is 0.0667. The first-order valence-electron chi connectivity index (χ1n) is 5.71. The number of hydrogen-bond acceptors (Lipinski definition) is 3. The summed E-state index contributed by atoms with van der Waals surface area (Å²) in [5.41, 5.74) is 1.75. The van der Waals surface area contributed by atoms with Crippen LogP contribution in [0.3, 0.4) is 0 Å². The van der Waals surface area contributed by atoms with Crippen molar-refractivity contribution in [2.75, 3.05) is 11.9 Å². The molecule has 0 spiro atoms. The molecule has 0 unspecified atom stereocenters. The molecule has 4 nitrogen and oxygen atoms in total. The smallest absolute Gasteiger partial charge is 0.257 e. The van der Waals surface area contributed by atoms with E-state index in [4.69, 9.17) is 5.11 Å². The maximum Gasteiger partial charge on any atom is 0.257 e. The quantitative estimate of drug-likeness (QED) is 0.799. The number of aliphatic hydroxyl groups is 1. The van der Waals surface area contributed by atoms with Crippen LogP contribution in [0.25, 0.3) is 0 Å². The Labute approximate surface area is 111 Å². The van der Waals surface area contributed by atoms with Crippen LogP contribution in [-0.2, 0) is 0 Å². The van der Waals surface area contributed by atoms with Crippen molar-refractivity contribution in [2.24, 2.45) is 0 Å². The number of pyridine rings is 1. The number of hydrogen-bond donors (Lipinski definition) is 2. The second-order valence-electron chi connectivity index (χ2n) is 3.70. The van der Waals surface area contributed by atoms with E-state index in [1.165, 1.54) is 6.20 Å². The Bertz CT molecular complexity index is 627. The van der Waals surface area contributed by atoms with Gasteiger partial charge in [0.1, 0.15) is 6.61 Å². The second kappa shape index (κ2) is 6.34. The Kier molecular flexibility index (Phi) is 4.27. The highest BCUT2D eigenvalue weighted by molar-refractivity contribution is 6.04. The molecule has 1 heterocycles. The van der Waals surface area contributed by atoms with Gasteiger partial charge in [-0.2, -0.15) is 0 Å². The van der Waals surface area contributed by atoms with Gasteiger partial charge in [0.2, 0.25) is 0 Å². The van der Waals surface area contributed by atoms with Crippen molar-refractivity contribution in [3.63, 3.8) is 0 Å². The van der Waals surface area contributed by atoms with E-state index in [1.54, 1.807) is 30.5 Å². The molecule has 0 atom stereocenters. The lowest BCUT2D eigenvalue weighted by Crippen LogP contribution is -2.12. The molecule has 0 radical (unpaired) electrons. The van der Waals surface area contributed by atoms with Gasteiger partial charge in [-0.3, -0.25) is 9.78 Å². The molecule has 0 saturated carbocycles. The number of amides is 1. The topological polar surface area (TPSA) is 62.2 Å². The minimum Gasteiger partial charge on any atom is -0.384 e. The molecule has 1 amide bonds. The van der Waals surface area contributed by atoms with Crippen LogP contribution in [0.5, 0.6) is 0 Å². The van der Waals surface area contributed by atoms with E-state index in [1.807, 2.05) is 12.1 Å². The molecule has 4 heteroatoms. The van der Waals surface area contributed by atoms with Gasteiger partial charge in [0, 0.05) is 18.0 Å². The Morgan fingerprint density at radius 2 is 2.11 bits per heavy atom. The molecule has 0 aliphatic heterocycles. The molecular formula is C15H12N2O2. The summed E-state index contributed by atoms with van der Waals surface area (Å²) in [7, 11) is 0. The zero-order chi connectivity index (χ0) is 13.5. The lowest BCUT2D eigenvalue weighted by molar-refractivity contribution is 0.102. The van der Waals surface area contributed by atoms with Crippen molar-refractivity contribution in [3.05, 3.63) is 59.9 Å². The zero-order valence-electron chi connectivity index (χ0n) is 10.1. The molecule has 2 N–H and O–H groups in total. The van der Waals surface area contributed by atoms with Crippen LogP contribution in [0.15, 0.2) is 48.8 Å². The fourth-order valence-electron chi connectivity index (χ4n) is 1.53. The van der Waals surface area contributed by atoms with Gasteiger partial charge in [-0.15, -0.1) is 0 Å². The van der Waals surface area contributed by atoms with Crippen molar-refractivity contribution in [1.29, 1.82) is 0 Å². The minimum absolute atomic E-state index is 0.217. The van der Waals surface area contributed by atoms with Crippen molar-refractivity contribution in [1.82, 2.24) is 4.98 Å². The predicted molar refractivity (Wildman–Crippen MR) is 72.6 cm³/mol. The third kappa shape index (κ3) is 3.41. The standard InChI is InChI=1S/C15H12N2O2/c18-10-4-7-12-5-1-2-8-14(12)17-15(19)13-6-3-9-16-11-13/h1-3,5-6,8-9,11,18H,10H2,(H,17,19). The highest BCUT2D eigenvalue weighted by atomic mass is 16.2. The van der Waals surface area contributed by atoms with Crippen LogP contribution < -0.4 is 5.32 Å². The normalized spacial score (nSPS) is 9.32. The van der Waals surface area contributed by atoms with Crippen molar-refractivity contribution >= 4 is 11.6 Å². The number of benzene rings is 1. The minimum atomic E-state index is -0.244. The van der Waals surface area contributed by atoms with E-state index in [9.17, 15) is 4.79 Å². The summed E-state index contributed by atoms with van der Waals surface area (Å²) in [6, 6.07) is 10.6. The molecule has 1 aromatic heterocycles. The average Bonchev–Trinajstić information content (AvgIpc) is 2.47. The zero-order valence-corrected chi connectivity index (χ0v) is 10.1. The number of aliphatic hydroxyl groups excluding tert-OH is 1. The molecule has 0 aliphatic carbocycles. The van der Waals surface area contributed by atoms with Gasteiger partial charge in [0.25, 0.3) is 5.91 Å². The Morgan fingerprint density at radius 1 is 1.26 bits per heavy atom. The average molecular weight is 252 g/mol. The molecule has 0 fully saturated rings. The monoisotopic (exact) mass is 252 g/mol. The van der Waals surface area contributed by atoms with E-state index in [0.717, 1.165) is 0 Å². The first-order valence-corrected chi connectivity index (χ1v) is 5.71. The molecule has 94 valence electrons. The predicted octanol–water partition coefficient (Wildman–Crippen LogP) is 1.68. The highest BCUT2D eigenvalue weighted by Gasteiger charge is 2.07. The first-order chi connectivity index (χ1) is 9.31. The number of carbonyl (C=O) groups is 1. The maximum absolute atomic E-state index is 12.0. The number of rotatable bonds is 2. The summed E-state index contributed by atoms with van der Waals surface area (Å²) in [6.07, 6.45) is 3.11. The number of para-hydroxylation sites is 1. The molecule has 2 rings (SSSR count). The lowest BCUT2D eigenvalue weighted by atomic mass is 10.1. The number of carbonyl (C=O) groups excluding carboxylic acids is 1. The van der Waals surface area contributed by atoms with Crippen molar-refractivity contribution in [2.45, 2.75) is 0 Å². The molecule has 0 aliphatic rings. The van der Waals surface area contributed by atoms with Gasteiger partial charge >= 0.3 is 0 Å². The molecule has 2 aromatic rings. The summed E-state index contributed by atoms with van der Waals surface area (Å²) < 4.78 is 0. The third-order valence-electron chi connectivity index (χ3n) is 2.40. The molecular weight excluding hydrogens is 240 g/mol. The highest BCUT2D eigenvalue weighted by Crippen LogP contribution is 2.14. The van der Waals surface area contributed by atoms with Gasteiger partial charge in [0.05, 0.1) is 11.3 Å². The van der Waals surface area contributed by atoms with E-state index in [2.05, 4.69) is 22.1 Å². The van der Waals surface area contributed by atoms with Gasteiger partial charge in [-0.05, 0) is 24.3 Å². The molecule has 19 heavy (non-hydrogen) atoms. The SMILES string of the molecule is O=C(Nc1ccccc1C#CCO)c1cccnc1. The van der Waals surface area contributed by atoms with E-state index >= 15 is 0 Å². The number of anilines is 1. The summed E-state index contributed by atoms with van der Waals surface area (Å²) in [6.45, 7) is -0.217. The Morgan fingerprint density at radius 3 is 2.84 bits per heavy atom. The number of nitrogens with zero attached hydrogens (tertiary/aromatic N) is 1. The van der Waals surface area contributed by atoms with Crippen LogP contribution in [0.2, 0.25) is 0 Å². The van der Waals surface area contributed by atoms with E-state index in [0.29, 0.717) is 16.8 Å². The Balaban J connectivity index is 2.22.